The maximum atomic E-state index is 10.7. The van der Waals surface area contributed by atoms with Crippen LogP contribution < -0.4 is 0 Å². The summed E-state index contributed by atoms with van der Waals surface area (Å²) >= 11 is 0. The quantitative estimate of drug-likeness (QED) is 0.432. The highest BCUT2D eigenvalue weighted by molar-refractivity contribution is 5.61. The van der Waals surface area contributed by atoms with Crippen molar-refractivity contribution in [2.75, 3.05) is 26.7 Å². The minimum absolute atomic E-state index is 0.0556. The minimum atomic E-state index is -0.508. The lowest BCUT2D eigenvalue weighted by molar-refractivity contribution is -0.939. The Hall–Kier alpha value is -0.770. The van der Waals surface area contributed by atoms with E-state index in [1.807, 2.05) is 0 Å². The van der Waals surface area contributed by atoms with Crippen molar-refractivity contribution in [3.8, 4) is 0 Å². The average molecular weight is 172 g/mol. The van der Waals surface area contributed by atoms with Gasteiger partial charge in [0.15, 0.2) is 6.61 Å². The van der Waals surface area contributed by atoms with Crippen molar-refractivity contribution in [2.45, 2.75) is 19.1 Å². The van der Waals surface area contributed by atoms with Crippen LogP contribution in [-0.4, -0.2) is 43.6 Å². The molecular formula is C8H14NO3+. The van der Waals surface area contributed by atoms with E-state index in [4.69, 9.17) is 9.47 Å². The number of likely N-dealkylation sites (N-methyl/N-ethyl adjacent to an activating group) is 1. The first-order valence-electron chi connectivity index (χ1n) is 4.38. The number of likely N-dealkylation sites (tertiary alicyclic amines) is 1. The summed E-state index contributed by atoms with van der Waals surface area (Å²) in [5, 5.41) is 0. The number of hydrogen-bond donors (Lipinski definition) is 0. The molecule has 0 aromatic rings. The van der Waals surface area contributed by atoms with E-state index in [1.54, 1.807) is 0 Å². The first kappa shape index (κ1) is 7.86. The zero-order chi connectivity index (χ0) is 8.60. The van der Waals surface area contributed by atoms with Crippen LogP contribution in [0.4, 0.5) is 4.79 Å². The van der Waals surface area contributed by atoms with E-state index in [2.05, 4.69) is 7.05 Å². The molecule has 2 heterocycles. The molecule has 4 heteroatoms. The molecule has 12 heavy (non-hydrogen) atoms. The Labute approximate surface area is 71.6 Å². The summed E-state index contributed by atoms with van der Waals surface area (Å²) in [5.74, 6) is 0. The highest BCUT2D eigenvalue weighted by atomic mass is 16.8. The molecular weight excluding hydrogens is 158 g/mol. The average Bonchev–Trinajstić information content (AvgIpc) is 2.59. The van der Waals surface area contributed by atoms with Crippen LogP contribution in [0.5, 0.6) is 0 Å². The molecule has 68 valence electrons. The Bertz CT molecular complexity index is 198. The molecule has 0 N–H and O–H groups in total. The van der Waals surface area contributed by atoms with Gasteiger partial charge in [-0.05, 0) is 0 Å². The molecule has 0 radical (unpaired) electrons. The maximum absolute atomic E-state index is 10.7. The Morgan fingerprint density at radius 3 is 2.58 bits per heavy atom. The van der Waals surface area contributed by atoms with Crippen LogP contribution in [0.25, 0.3) is 0 Å². The van der Waals surface area contributed by atoms with Crippen LogP contribution in [0, 0.1) is 0 Å². The second kappa shape index (κ2) is 2.62. The molecule has 0 aliphatic carbocycles. The van der Waals surface area contributed by atoms with Gasteiger partial charge in [-0.3, -0.25) is 4.48 Å². The summed E-state index contributed by atoms with van der Waals surface area (Å²) in [6.07, 6.45) is 1.89. The van der Waals surface area contributed by atoms with Crippen LogP contribution >= 0.6 is 0 Å². The van der Waals surface area contributed by atoms with E-state index in [-0.39, 0.29) is 6.23 Å². The van der Waals surface area contributed by atoms with Crippen LogP contribution in [0.1, 0.15) is 12.8 Å². The molecule has 1 unspecified atom stereocenters. The molecule has 2 rings (SSSR count). The predicted molar refractivity (Wildman–Crippen MR) is 41.4 cm³/mol. The largest absolute Gasteiger partial charge is 0.513 e. The molecule has 4 nitrogen and oxygen atoms in total. The fourth-order valence-electron chi connectivity index (χ4n) is 1.97. The molecule has 0 amide bonds. The third-order valence-electron chi connectivity index (χ3n) is 2.86. The van der Waals surface area contributed by atoms with Gasteiger partial charge in [-0.15, -0.1) is 0 Å². The van der Waals surface area contributed by atoms with Crippen molar-refractivity contribution in [2.24, 2.45) is 0 Å². The summed E-state index contributed by atoms with van der Waals surface area (Å²) in [6.45, 7) is 2.62. The summed E-state index contributed by atoms with van der Waals surface area (Å²) in [6, 6.07) is 0. The summed E-state index contributed by atoms with van der Waals surface area (Å²) in [5.41, 5.74) is 0. The third kappa shape index (κ3) is 1.16. The molecule has 0 saturated carbocycles. The standard InChI is InChI=1S/C8H14NO3/c1-9(4-2-3-5-9)7-6-11-8(10)12-7/h7H,2-6H2,1H3/q+1. The van der Waals surface area contributed by atoms with Gasteiger partial charge < -0.3 is 9.47 Å². The van der Waals surface area contributed by atoms with Gasteiger partial charge >= 0.3 is 6.16 Å². The van der Waals surface area contributed by atoms with Crippen LogP contribution in [-0.2, 0) is 9.47 Å². The van der Waals surface area contributed by atoms with Gasteiger partial charge in [0.1, 0.15) is 0 Å². The molecule has 2 aliphatic heterocycles. The molecule has 2 aliphatic rings. The number of carbonyl (C=O) groups is 1. The number of ether oxygens (including phenoxy) is 2. The minimum Gasteiger partial charge on any atom is -0.424 e. The van der Waals surface area contributed by atoms with Gasteiger partial charge in [0, 0.05) is 12.8 Å². The van der Waals surface area contributed by atoms with Crippen LogP contribution in [0.2, 0.25) is 0 Å². The second-order valence-corrected chi connectivity index (χ2v) is 3.77. The number of carbonyl (C=O) groups excluding carboxylic acids is 1. The Balaban J connectivity index is 2.03. The first-order chi connectivity index (χ1) is 5.71. The number of rotatable bonds is 1. The molecule has 0 bridgehead atoms. The third-order valence-corrected chi connectivity index (χ3v) is 2.86. The summed E-state index contributed by atoms with van der Waals surface area (Å²) in [7, 11) is 2.12. The normalized spacial score (nSPS) is 33.1. The van der Waals surface area contributed by atoms with E-state index >= 15 is 0 Å². The second-order valence-electron chi connectivity index (χ2n) is 3.77. The van der Waals surface area contributed by atoms with Crippen molar-refractivity contribution >= 4 is 6.16 Å². The van der Waals surface area contributed by atoms with Gasteiger partial charge in [0.2, 0.25) is 0 Å². The molecule has 1 atom stereocenters. The van der Waals surface area contributed by atoms with Crippen LogP contribution in [0.3, 0.4) is 0 Å². The zero-order valence-electron chi connectivity index (χ0n) is 7.28. The van der Waals surface area contributed by atoms with Gasteiger partial charge in [0.25, 0.3) is 6.23 Å². The van der Waals surface area contributed by atoms with Crippen molar-refractivity contribution in [1.29, 1.82) is 0 Å². The Morgan fingerprint density at radius 2 is 2.08 bits per heavy atom. The highest BCUT2D eigenvalue weighted by Gasteiger charge is 2.43. The number of quaternary nitrogens is 1. The maximum Gasteiger partial charge on any atom is 0.513 e. The first-order valence-corrected chi connectivity index (χ1v) is 4.38. The Kier molecular flexibility index (Phi) is 1.72. The molecule has 0 aromatic carbocycles. The lowest BCUT2D eigenvalue weighted by Gasteiger charge is -2.32. The SMILES string of the molecule is C[N+]1(C2COC(=O)O2)CCCC1. The van der Waals surface area contributed by atoms with Gasteiger partial charge in [-0.25, -0.2) is 4.79 Å². The van der Waals surface area contributed by atoms with E-state index in [1.165, 1.54) is 12.8 Å². The van der Waals surface area contributed by atoms with Gasteiger partial charge in [-0.1, -0.05) is 0 Å². The smallest absolute Gasteiger partial charge is 0.424 e. The number of nitrogens with zero attached hydrogens (tertiary/aromatic N) is 1. The lowest BCUT2D eigenvalue weighted by Crippen LogP contribution is -2.51. The number of cyclic esters (lactones) is 2. The predicted octanol–water partition coefficient (Wildman–Crippen LogP) is 0.720. The Morgan fingerprint density at radius 1 is 1.42 bits per heavy atom. The topological polar surface area (TPSA) is 35.5 Å². The van der Waals surface area contributed by atoms with Crippen molar-refractivity contribution in [3.63, 3.8) is 0 Å². The highest BCUT2D eigenvalue weighted by Crippen LogP contribution is 2.24. The molecule has 0 aromatic heterocycles. The molecule has 2 saturated heterocycles. The lowest BCUT2D eigenvalue weighted by atomic mass is 10.4. The van der Waals surface area contributed by atoms with E-state index in [9.17, 15) is 4.79 Å². The van der Waals surface area contributed by atoms with Crippen molar-refractivity contribution < 1.29 is 18.8 Å². The van der Waals surface area contributed by atoms with E-state index < -0.39 is 6.16 Å². The van der Waals surface area contributed by atoms with Crippen LogP contribution in [0.15, 0.2) is 0 Å². The summed E-state index contributed by atoms with van der Waals surface area (Å²) < 4.78 is 10.7. The fourth-order valence-corrected chi connectivity index (χ4v) is 1.97. The fraction of sp³-hybridized carbons (Fsp3) is 0.875. The number of hydrogen-bond acceptors (Lipinski definition) is 3. The van der Waals surface area contributed by atoms with E-state index in [0.29, 0.717) is 6.61 Å². The summed E-state index contributed by atoms with van der Waals surface area (Å²) in [4.78, 5) is 10.7. The van der Waals surface area contributed by atoms with Gasteiger partial charge in [0.05, 0.1) is 20.1 Å². The van der Waals surface area contributed by atoms with Gasteiger partial charge in [-0.2, -0.15) is 0 Å². The zero-order valence-corrected chi connectivity index (χ0v) is 7.28. The molecule has 2 fully saturated rings. The monoisotopic (exact) mass is 172 g/mol. The van der Waals surface area contributed by atoms with Crippen molar-refractivity contribution in [3.05, 3.63) is 0 Å². The molecule has 0 spiro atoms. The van der Waals surface area contributed by atoms with E-state index in [0.717, 1.165) is 17.6 Å². The van der Waals surface area contributed by atoms with Crippen molar-refractivity contribution in [1.82, 2.24) is 0 Å².